The average Bonchev–Trinajstić information content (AvgIpc) is 2.59. The first kappa shape index (κ1) is 16.4. The molecule has 0 radical (unpaired) electrons. The third-order valence-electron chi connectivity index (χ3n) is 2.00. The molecule has 0 aliphatic heterocycles. The lowest BCUT2D eigenvalue weighted by Gasteiger charge is -2.22. The number of nitrogens with two attached hydrogens (primary N) is 1. The Bertz CT molecular complexity index is 508. The van der Waals surface area contributed by atoms with E-state index >= 15 is 0 Å². The van der Waals surface area contributed by atoms with Crippen LogP contribution in [-0.2, 0) is 13.6 Å². The lowest BCUT2D eigenvalue weighted by atomic mass is 10.5. The van der Waals surface area contributed by atoms with Crippen LogP contribution in [0.25, 0.3) is 0 Å². The minimum atomic E-state index is -3.44. The normalized spacial score (nSPS) is 13.7. The first-order valence-electron chi connectivity index (χ1n) is 6.23. The molecular weight excluding hydrogens is 285 g/mol. The fourth-order valence-corrected chi connectivity index (χ4v) is 4.67. The Morgan fingerprint density at radius 3 is 2.32 bits per heavy atom. The van der Waals surface area contributed by atoms with E-state index in [2.05, 4.69) is 4.99 Å². The zero-order valence-corrected chi connectivity index (χ0v) is 13.7. The maximum absolute atomic E-state index is 12.9. The molecule has 0 aliphatic rings. The number of nitrogens with zero attached hydrogens (tertiary/aromatic N) is 2. The van der Waals surface area contributed by atoms with E-state index in [1.54, 1.807) is 33.1 Å². The zero-order chi connectivity index (χ0) is 14.6. The molecule has 0 saturated heterocycles. The van der Waals surface area contributed by atoms with Gasteiger partial charge in [-0.1, -0.05) is 0 Å². The van der Waals surface area contributed by atoms with Crippen LogP contribution in [0.5, 0.6) is 0 Å². The monoisotopic (exact) mass is 307 g/mol. The summed E-state index contributed by atoms with van der Waals surface area (Å²) >= 11 is 1.32. The maximum atomic E-state index is 12.9. The molecule has 0 aromatic carbocycles. The summed E-state index contributed by atoms with van der Waals surface area (Å²) in [6.45, 7) is 9.75. The Hall–Kier alpha value is -0.620. The summed E-state index contributed by atoms with van der Waals surface area (Å²) in [5.41, 5.74) is 0.340. The van der Waals surface area contributed by atoms with Crippen LogP contribution in [0.2, 0.25) is 0 Å². The van der Waals surface area contributed by atoms with Gasteiger partial charge >= 0.3 is 7.60 Å². The Balaban J connectivity index is 3.26. The molecule has 0 aliphatic carbocycles. The fourth-order valence-electron chi connectivity index (χ4n) is 1.45. The van der Waals surface area contributed by atoms with Gasteiger partial charge in [-0.2, -0.15) is 0 Å². The Labute approximate surface area is 117 Å². The van der Waals surface area contributed by atoms with E-state index in [1.165, 1.54) is 16.0 Å². The topological polar surface area (TPSA) is 78.8 Å². The van der Waals surface area contributed by atoms with Crippen molar-refractivity contribution < 1.29 is 13.6 Å². The Morgan fingerprint density at radius 1 is 1.37 bits per heavy atom. The lowest BCUT2D eigenvalue weighted by molar-refractivity contribution is 0.149. The molecule has 1 aromatic rings. The van der Waals surface area contributed by atoms with Crippen molar-refractivity contribution in [3.63, 3.8) is 0 Å². The zero-order valence-electron chi connectivity index (χ0n) is 12.0. The number of rotatable bonds is 6. The van der Waals surface area contributed by atoms with Gasteiger partial charge in [0, 0.05) is 11.9 Å². The van der Waals surface area contributed by atoms with Crippen LogP contribution >= 0.6 is 18.9 Å². The highest BCUT2D eigenvalue weighted by molar-refractivity contribution is 7.62. The Kier molecular flexibility index (Phi) is 5.80. The quantitative estimate of drug-likeness (QED) is 0.642. The SMILES string of the molecule is CCN=c1scc(P(=O)(OC(C)C)OC(C)C)n1N. The molecule has 8 heteroatoms. The maximum Gasteiger partial charge on any atom is 0.380 e. The van der Waals surface area contributed by atoms with Crippen LogP contribution in [0, 0.1) is 0 Å². The van der Waals surface area contributed by atoms with Crippen LogP contribution in [0.15, 0.2) is 10.4 Å². The summed E-state index contributed by atoms with van der Waals surface area (Å²) in [6.07, 6.45) is -0.452. The Morgan fingerprint density at radius 2 is 1.89 bits per heavy atom. The molecule has 0 saturated carbocycles. The molecular formula is C11H22N3O3PS. The minimum Gasteiger partial charge on any atom is -0.336 e. The summed E-state index contributed by atoms with van der Waals surface area (Å²) < 4.78 is 25.2. The van der Waals surface area contributed by atoms with Gasteiger partial charge in [0.15, 0.2) is 5.44 Å². The van der Waals surface area contributed by atoms with Gasteiger partial charge in [0.25, 0.3) is 0 Å². The van der Waals surface area contributed by atoms with Crippen LogP contribution < -0.4 is 16.1 Å². The molecule has 1 heterocycles. The van der Waals surface area contributed by atoms with Crippen LogP contribution in [0.1, 0.15) is 34.6 Å². The van der Waals surface area contributed by atoms with Crippen molar-refractivity contribution in [1.82, 2.24) is 4.68 Å². The summed E-state index contributed by atoms with van der Waals surface area (Å²) in [7, 11) is -3.44. The number of thiazole rings is 1. The smallest absolute Gasteiger partial charge is 0.336 e. The third kappa shape index (κ3) is 4.18. The van der Waals surface area contributed by atoms with Crippen LogP contribution in [0.4, 0.5) is 0 Å². The molecule has 19 heavy (non-hydrogen) atoms. The minimum absolute atomic E-state index is 0.226. The predicted octanol–water partition coefficient (Wildman–Crippen LogP) is 1.85. The van der Waals surface area contributed by atoms with Gasteiger partial charge in [0.05, 0.1) is 12.2 Å². The third-order valence-corrected chi connectivity index (χ3v) is 5.35. The molecule has 0 bridgehead atoms. The number of aromatic nitrogens is 1. The second-order valence-electron chi connectivity index (χ2n) is 4.53. The van der Waals surface area contributed by atoms with E-state index < -0.39 is 7.60 Å². The van der Waals surface area contributed by atoms with Crippen molar-refractivity contribution in [3.8, 4) is 0 Å². The van der Waals surface area contributed by atoms with E-state index in [0.29, 0.717) is 16.8 Å². The number of hydrogen-bond donors (Lipinski definition) is 1. The van der Waals surface area contributed by atoms with E-state index in [4.69, 9.17) is 14.9 Å². The van der Waals surface area contributed by atoms with Gasteiger partial charge < -0.3 is 14.9 Å². The molecule has 0 amide bonds. The molecule has 6 nitrogen and oxygen atoms in total. The number of nitrogen functional groups attached to an aromatic ring is 1. The van der Waals surface area contributed by atoms with Gasteiger partial charge in [-0.25, -0.2) is 4.68 Å². The van der Waals surface area contributed by atoms with E-state index in [1.807, 2.05) is 6.92 Å². The lowest BCUT2D eigenvalue weighted by Crippen LogP contribution is -2.35. The first-order chi connectivity index (χ1) is 8.80. The number of hydrogen-bond acceptors (Lipinski definition) is 6. The molecule has 2 N–H and O–H groups in total. The highest BCUT2D eigenvalue weighted by Gasteiger charge is 2.34. The van der Waals surface area contributed by atoms with Crippen LogP contribution in [0.3, 0.4) is 0 Å². The second kappa shape index (κ2) is 6.70. The molecule has 1 aromatic heterocycles. The van der Waals surface area contributed by atoms with Gasteiger partial charge in [-0.05, 0) is 34.6 Å². The first-order valence-corrected chi connectivity index (χ1v) is 8.66. The van der Waals surface area contributed by atoms with E-state index in [9.17, 15) is 4.57 Å². The molecule has 0 atom stereocenters. The van der Waals surface area contributed by atoms with E-state index in [-0.39, 0.29) is 12.2 Å². The molecule has 110 valence electrons. The van der Waals surface area contributed by atoms with E-state index in [0.717, 1.165) is 0 Å². The summed E-state index contributed by atoms with van der Waals surface area (Å²) in [5, 5.41) is 1.68. The van der Waals surface area contributed by atoms with Crippen molar-refractivity contribution in [1.29, 1.82) is 0 Å². The van der Waals surface area contributed by atoms with Gasteiger partial charge in [0.1, 0.15) is 0 Å². The van der Waals surface area contributed by atoms with Crippen molar-refractivity contribution >= 4 is 24.4 Å². The molecule has 0 fully saturated rings. The molecule has 0 spiro atoms. The van der Waals surface area contributed by atoms with Gasteiger partial charge in [-0.15, -0.1) is 11.3 Å². The summed E-state index contributed by atoms with van der Waals surface area (Å²) in [4.78, 5) is 4.82. The largest absolute Gasteiger partial charge is 0.380 e. The average molecular weight is 307 g/mol. The highest BCUT2D eigenvalue weighted by atomic mass is 32.1. The highest BCUT2D eigenvalue weighted by Crippen LogP contribution is 2.49. The van der Waals surface area contributed by atoms with Gasteiger partial charge in [0.2, 0.25) is 4.80 Å². The molecule has 1 rings (SSSR count). The van der Waals surface area contributed by atoms with Crippen molar-refractivity contribution in [2.45, 2.75) is 46.8 Å². The predicted molar refractivity (Wildman–Crippen MR) is 78.2 cm³/mol. The van der Waals surface area contributed by atoms with Crippen molar-refractivity contribution in [3.05, 3.63) is 10.2 Å². The summed E-state index contributed by atoms with van der Waals surface area (Å²) in [5.74, 6) is 5.93. The van der Waals surface area contributed by atoms with Gasteiger partial charge in [-0.3, -0.25) is 9.56 Å². The van der Waals surface area contributed by atoms with Crippen LogP contribution in [-0.4, -0.2) is 23.4 Å². The summed E-state index contributed by atoms with van der Waals surface area (Å²) in [6, 6.07) is 0. The molecule has 0 unspecified atom stereocenters. The second-order valence-corrected chi connectivity index (χ2v) is 7.24. The van der Waals surface area contributed by atoms with Crippen molar-refractivity contribution in [2.24, 2.45) is 4.99 Å². The standard InChI is InChI=1S/C11H22N3O3PS/c1-6-13-11-14(12)10(7-19-11)18(15,16-8(2)3)17-9(4)5/h7-9H,6,12H2,1-5H3. The van der Waals surface area contributed by atoms with Crippen molar-refractivity contribution in [2.75, 3.05) is 12.4 Å². The fraction of sp³-hybridized carbons (Fsp3) is 0.727.